The lowest BCUT2D eigenvalue weighted by Crippen LogP contribution is -2.08. The van der Waals surface area contributed by atoms with Crippen molar-refractivity contribution < 1.29 is 4.42 Å². The SMILES string of the molecule is CCc1ccc2oc(-c3ccc(C)cc3)c/c(=N\Nc3ncnc4ccccc34)c2c1. The van der Waals surface area contributed by atoms with Crippen molar-refractivity contribution in [1.82, 2.24) is 9.97 Å². The summed E-state index contributed by atoms with van der Waals surface area (Å²) < 4.78 is 6.24. The highest BCUT2D eigenvalue weighted by atomic mass is 16.3. The van der Waals surface area contributed by atoms with Crippen LogP contribution < -0.4 is 10.8 Å². The third kappa shape index (κ3) is 3.78. The van der Waals surface area contributed by atoms with Crippen LogP contribution in [0.3, 0.4) is 0 Å². The second-order valence-electron chi connectivity index (χ2n) is 7.51. The zero-order chi connectivity index (χ0) is 21.2. The van der Waals surface area contributed by atoms with Crippen LogP contribution in [0, 0.1) is 6.92 Å². The summed E-state index contributed by atoms with van der Waals surface area (Å²) in [5, 5.41) is 7.42. The Bertz CT molecular complexity index is 1450. The Morgan fingerprint density at radius 3 is 2.58 bits per heavy atom. The van der Waals surface area contributed by atoms with Crippen LogP contribution in [0.1, 0.15) is 18.1 Å². The number of rotatable bonds is 4. The molecule has 1 N–H and O–H groups in total. The summed E-state index contributed by atoms with van der Waals surface area (Å²) in [7, 11) is 0. The van der Waals surface area contributed by atoms with Gasteiger partial charge in [0.1, 0.15) is 17.7 Å². The van der Waals surface area contributed by atoms with Gasteiger partial charge in [-0.2, -0.15) is 5.10 Å². The first-order valence-corrected chi connectivity index (χ1v) is 10.3. The van der Waals surface area contributed by atoms with Gasteiger partial charge in [0.05, 0.1) is 10.9 Å². The Hall–Kier alpha value is -3.99. The second kappa shape index (κ2) is 8.03. The van der Waals surface area contributed by atoms with Gasteiger partial charge in [-0.25, -0.2) is 9.97 Å². The van der Waals surface area contributed by atoms with Gasteiger partial charge in [0.15, 0.2) is 5.82 Å². The Labute approximate surface area is 180 Å². The molecule has 0 fully saturated rings. The Kier molecular flexibility index (Phi) is 4.92. The Morgan fingerprint density at radius 1 is 0.903 bits per heavy atom. The van der Waals surface area contributed by atoms with Gasteiger partial charge in [-0.3, -0.25) is 5.43 Å². The summed E-state index contributed by atoms with van der Waals surface area (Å²) in [6.07, 6.45) is 2.49. The first kappa shape index (κ1) is 19.0. The maximum atomic E-state index is 6.24. The molecule has 0 spiro atoms. The highest BCUT2D eigenvalue weighted by Crippen LogP contribution is 2.24. The van der Waals surface area contributed by atoms with Crippen molar-refractivity contribution in [3.8, 4) is 11.3 Å². The molecule has 0 bridgehead atoms. The van der Waals surface area contributed by atoms with E-state index in [-0.39, 0.29) is 0 Å². The van der Waals surface area contributed by atoms with E-state index in [1.54, 1.807) is 6.33 Å². The highest BCUT2D eigenvalue weighted by Gasteiger charge is 2.08. The van der Waals surface area contributed by atoms with Gasteiger partial charge in [-0.05, 0) is 43.2 Å². The van der Waals surface area contributed by atoms with Crippen LogP contribution in [-0.4, -0.2) is 9.97 Å². The van der Waals surface area contributed by atoms with Crippen molar-refractivity contribution in [2.75, 3.05) is 5.43 Å². The standard InChI is InChI=1S/C26H22N4O/c1-3-18-10-13-24-21(14-18)23(15-25(31-24)19-11-8-17(2)9-12-19)29-30-26-20-6-4-5-7-22(20)27-16-28-26/h4-16H,3H2,1-2H3,(H,27,28,30)/b29-23+. The third-order valence-corrected chi connectivity index (χ3v) is 5.38. The summed E-state index contributed by atoms with van der Waals surface area (Å²) in [4.78, 5) is 8.71. The Balaban J connectivity index is 1.68. The minimum Gasteiger partial charge on any atom is -0.456 e. The second-order valence-corrected chi connectivity index (χ2v) is 7.51. The first-order chi connectivity index (χ1) is 15.2. The zero-order valence-corrected chi connectivity index (χ0v) is 17.5. The predicted octanol–water partition coefficient (Wildman–Crippen LogP) is 5.84. The molecule has 0 aliphatic heterocycles. The van der Waals surface area contributed by atoms with E-state index in [2.05, 4.69) is 65.6 Å². The van der Waals surface area contributed by atoms with Crippen molar-refractivity contribution in [3.05, 3.63) is 95.6 Å². The monoisotopic (exact) mass is 406 g/mol. The number of anilines is 1. The molecule has 0 unspecified atom stereocenters. The van der Waals surface area contributed by atoms with Gasteiger partial charge in [0.25, 0.3) is 0 Å². The van der Waals surface area contributed by atoms with Crippen LogP contribution in [0.25, 0.3) is 33.2 Å². The summed E-state index contributed by atoms with van der Waals surface area (Å²) >= 11 is 0. The van der Waals surface area contributed by atoms with Crippen molar-refractivity contribution in [1.29, 1.82) is 0 Å². The van der Waals surface area contributed by atoms with Crippen molar-refractivity contribution in [2.24, 2.45) is 5.10 Å². The van der Waals surface area contributed by atoms with Crippen LogP contribution in [0.4, 0.5) is 5.82 Å². The van der Waals surface area contributed by atoms with E-state index < -0.39 is 0 Å². The molecule has 0 saturated heterocycles. The van der Waals surface area contributed by atoms with E-state index in [1.165, 1.54) is 11.1 Å². The van der Waals surface area contributed by atoms with Gasteiger partial charge in [-0.1, -0.05) is 55.0 Å². The molecule has 5 heteroatoms. The molecule has 5 rings (SSSR count). The van der Waals surface area contributed by atoms with Gasteiger partial charge in [0.2, 0.25) is 0 Å². The number of hydrogen-bond donors (Lipinski definition) is 1. The number of aromatic nitrogens is 2. The summed E-state index contributed by atoms with van der Waals surface area (Å²) in [6, 6.07) is 24.4. The third-order valence-electron chi connectivity index (χ3n) is 5.38. The van der Waals surface area contributed by atoms with Crippen LogP contribution in [-0.2, 0) is 6.42 Å². The molecule has 152 valence electrons. The molecule has 3 aromatic carbocycles. The zero-order valence-electron chi connectivity index (χ0n) is 17.5. The number of nitrogens with zero attached hydrogens (tertiary/aromatic N) is 3. The van der Waals surface area contributed by atoms with E-state index in [1.807, 2.05) is 36.4 Å². The van der Waals surface area contributed by atoms with E-state index in [4.69, 9.17) is 9.52 Å². The largest absolute Gasteiger partial charge is 0.456 e. The Morgan fingerprint density at radius 2 is 1.74 bits per heavy atom. The van der Waals surface area contributed by atoms with Gasteiger partial charge in [-0.15, -0.1) is 0 Å². The van der Waals surface area contributed by atoms with E-state index in [0.29, 0.717) is 5.82 Å². The number of nitrogens with one attached hydrogen (secondary N) is 1. The normalized spacial score (nSPS) is 11.9. The molecule has 5 aromatic rings. The number of aryl methyl sites for hydroxylation is 2. The molecule has 5 nitrogen and oxygen atoms in total. The number of fused-ring (bicyclic) bond motifs is 2. The molecule has 0 saturated carbocycles. The smallest absolute Gasteiger partial charge is 0.157 e. The minimum atomic E-state index is 0.670. The maximum absolute atomic E-state index is 6.24. The van der Waals surface area contributed by atoms with E-state index in [9.17, 15) is 0 Å². The fourth-order valence-electron chi connectivity index (χ4n) is 3.60. The van der Waals surface area contributed by atoms with Gasteiger partial charge < -0.3 is 4.42 Å². The lowest BCUT2D eigenvalue weighted by molar-refractivity contribution is 0.618. The molecular weight excluding hydrogens is 384 g/mol. The van der Waals surface area contributed by atoms with Crippen molar-refractivity contribution >= 4 is 27.7 Å². The molecule has 31 heavy (non-hydrogen) atoms. The summed E-state index contributed by atoms with van der Waals surface area (Å²) in [5.41, 5.74) is 8.27. The summed E-state index contributed by atoms with van der Waals surface area (Å²) in [6.45, 7) is 4.21. The highest BCUT2D eigenvalue weighted by molar-refractivity contribution is 5.88. The van der Waals surface area contributed by atoms with E-state index in [0.717, 1.165) is 45.0 Å². The molecule has 0 amide bonds. The fraction of sp³-hybridized carbons (Fsp3) is 0.115. The number of hydrogen-bond acceptors (Lipinski definition) is 5. The molecule has 0 atom stereocenters. The lowest BCUT2D eigenvalue weighted by Gasteiger charge is -2.08. The quantitative estimate of drug-likeness (QED) is 0.381. The fourth-order valence-corrected chi connectivity index (χ4v) is 3.60. The van der Waals surface area contributed by atoms with Crippen molar-refractivity contribution in [2.45, 2.75) is 20.3 Å². The van der Waals surface area contributed by atoms with Crippen LogP contribution >= 0.6 is 0 Å². The maximum Gasteiger partial charge on any atom is 0.157 e. The molecule has 0 aliphatic carbocycles. The molecule has 0 aliphatic rings. The molecular formula is C26H22N4O. The van der Waals surface area contributed by atoms with Crippen LogP contribution in [0.5, 0.6) is 0 Å². The molecule has 2 aromatic heterocycles. The average Bonchev–Trinajstić information content (AvgIpc) is 2.82. The van der Waals surface area contributed by atoms with Gasteiger partial charge >= 0.3 is 0 Å². The topological polar surface area (TPSA) is 63.3 Å². The predicted molar refractivity (Wildman–Crippen MR) is 124 cm³/mol. The molecule has 0 radical (unpaired) electrons. The molecule has 2 heterocycles. The number of para-hydroxylation sites is 1. The van der Waals surface area contributed by atoms with Crippen LogP contribution in [0.15, 0.2) is 88.6 Å². The first-order valence-electron chi connectivity index (χ1n) is 10.3. The van der Waals surface area contributed by atoms with Crippen molar-refractivity contribution in [3.63, 3.8) is 0 Å². The minimum absolute atomic E-state index is 0.670. The van der Waals surface area contributed by atoms with Gasteiger partial charge in [0, 0.05) is 22.4 Å². The lowest BCUT2D eigenvalue weighted by atomic mass is 10.1. The van der Waals surface area contributed by atoms with Crippen LogP contribution in [0.2, 0.25) is 0 Å². The summed E-state index contributed by atoms with van der Waals surface area (Å²) in [5.74, 6) is 1.44. The van der Waals surface area contributed by atoms with E-state index >= 15 is 0 Å². The number of benzene rings is 3. The average molecular weight is 406 g/mol.